The van der Waals surface area contributed by atoms with Gasteiger partial charge in [0.2, 0.25) is 0 Å². The second-order valence-corrected chi connectivity index (χ2v) is 13.6. The Morgan fingerprint density at radius 1 is 0.385 bits per heavy atom. The number of hydrogen-bond donors (Lipinski definition) is 0. The van der Waals surface area contributed by atoms with Crippen molar-refractivity contribution in [1.29, 1.82) is 0 Å². The molecule has 0 aliphatic heterocycles. The zero-order valence-electron chi connectivity index (χ0n) is 21.2. The first-order chi connectivity index (χ1) is 19.3. The van der Waals surface area contributed by atoms with Crippen molar-refractivity contribution < 1.29 is 0 Å². The van der Waals surface area contributed by atoms with E-state index in [-0.39, 0.29) is 20.4 Å². The second-order valence-electron chi connectivity index (χ2n) is 10.1. The number of benzene rings is 6. The molecule has 0 atom stereocenters. The molecule has 8 rings (SSSR count). The van der Waals surface area contributed by atoms with Crippen molar-refractivity contribution in [2.75, 3.05) is 0 Å². The molecular weight excluding hydrogens is 555 g/mol. The Morgan fingerprint density at radius 2 is 0.923 bits per heavy atom. The number of rotatable bonds is 4. The Bertz CT molecular complexity index is 1720. The van der Waals surface area contributed by atoms with Crippen LogP contribution in [0, 0.1) is 0 Å². The average Bonchev–Trinajstić information content (AvgIpc) is 3.45. The normalized spacial score (nSPS) is 13.5. The molecule has 0 unspecified atom stereocenters. The summed E-state index contributed by atoms with van der Waals surface area (Å²) in [5.74, 6) is 0. The maximum atomic E-state index is 2.52. The molecule has 0 saturated carbocycles. The molecule has 2 heteroatoms. The first kappa shape index (κ1) is 23.1. The Labute approximate surface area is 239 Å². The third-order valence-corrected chi connectivity index (χ3v) is 11.1. The molecule has 6 aromatic carbocycles. The molecule has 184 valence electrons. The van der Waals surface area contributed by atoms with E-state index in [1.807, 2.05) is 11.8 Å². The Kier molecular flexibility index (Phi) is 5.42. The van der Waals surface area contributed by atoms with E-state index in [0.29, 0.717) is 0 Å². The zero-order chi connectivity index (χ0) is 25.8. The van der Waals surface area contributed by atoms with Crippen molar-refractivity contribution in [3.8, 4) is 22.3 Å². The molecule has 0 heterocycles. The van der Waals surface area contributed by atoms with Crippen molar-refractivity contribution in [3.05, 3.63) is 168 Å². The summed E-state index contributed by atoms with van der Waals surface area (Å²) < 4.78 is 2.82. The van der Waals surface area contributed by atoms with E-state index in [0.717, 1.165) is 0 Å². The van der Waals surface area contributed by atoms with E-state index in [1.54, 1.807) is 0 Å². The zero-order valence-corrected chi connectivity index (χ0v) is 23.7. The molecule has 0 saturated heterocycles. The fourth-order valence-electron chi connectivity index (χ4n) is 6.47. The van der Waals surface area contributed by atoms with E-state index in [4.69, 9.17) is 0 Å². The minimum absolute atomic E-state index is 0.248. The molecule has 1 spiro atoms. The van der Waals surface area contributed by atoms with E-state index in [2.05, 4.69) is 146 Å². The van der Waals surface area contributed by atoms with Gasteiger partial charge in [-0.3, -0.25) is 0 Å². The standard InChI is InChI=1S/C37H24SSe/c1-3-11-25(12-4-1)38-26-19-21-31-32-22-20-28(39-27-13-5-2-6-14-27)24-36(32)37(35(31)23-26)33-17-9-7-15-29(33)30-16-8-10-18-34(30)37/h1-24H. The van der Waals surface area contributed by atoms with Crippen molar-refractivity contribution in [2.45, 2.75) is 15.2 Å². The molecule has 0 amide bonds. The summed E-state index contributed by atoms with van der Waals surface area (Å²) >= 11 is 2.09. The van der Waals surface area contributed by atoms with E-state index >= 15 is 0 Å². The van der Waals surface area contributed by atoms with Crippen molar-refractivity contribution in [2.24, 2.45) is 0 Å². The fourth-order valence-corrected chi connectivity index (χ4v) is 9.19. The predicted molar refractivity (Wildman–Crippen MR) is 165 cm³/mol. The SMILES string of the molecule is c1ccc(Sc2ccc3c(c2)C2(c4ccccc4-c4ccccc42)c2cc([Se]c4ccccc4)ccc2-3)cc1. The topological polar surface area (TPSA) is 0 Å². The summed E-state index contributed by atoms with van der Waals surface area (Å²) in [5, 5.41) is 0. The van der Waals surface area contributed by atoms with Crippen LogP contribution in [-0.2, 0) is 5.41 Å². The van der Waals surface area contributed by atoms with Gasteiger partial charge in [-0.05, 0) is 0 Å². The van der Waals surface area contributed by atoms with Crippen LogP contribution in [0.3, 0.4) is 0 Å². The van der Waals surface area contributed by atoms with Gasteiger partial charge in [-0.25, -0.2) is 0 Å². The molecule has 6 aromatic rings. The van der Waals surface area contributed by atoms with Crippen molar-refractivity contribution in [1.82, 2.24) is 0 Å². The third-order valence-electron chi connectivity index (χ3n) is 7.99. The minimum atomic E-state index is -0.312. The monoisotopic (exact) mass is 580 g/mol. The fraction of sp³-hybridized carbons (Fsp3) is 0.0270. The van der Waals surface area contributed by atoms with Gasteiger partial charge < -0.3 is 0 Å². The van der Waals surface area contributed by atoms with Gasteiger partial charge in [0.15, 0.2) is 0 Å². The molecule has 0 aromatic heterocycles. The van der Waals surface area contributed by atoms with Crippen LogP contribution in [-0.4, -0.2) is 15.0 Å². The first-order valence-electron chi connectivity index (χ1n) is 13.3. The van der Waals surface area contributed by atoms with Gasteiger partial charge in [0, 0.05) is 0 Å². The molecular formula is C37H24SSe. The van der Waals surface area contributed by atoms with E-state index in [9.17, 15) is 0 Å². The van der Waals surface area contributed by atoms with Crippen LogP contribution in [0.4, 0.5) is 0 Å². The Balaban J connectivity index is 1.39. The van der Waals surface area contributed by atoms with Crippen molar-refractivity contribution in [3.63, 3.8) is 0 Å². The summed E-state index contributed by atoms with van der Waals surface area (Å²) in [4.78, 5) is 2.55. The van der Waals surface area contributed by atoms with Gasteiger partial charge in [-0.1, -0.05) is 0 Å². The summed E-state index contributed by atoms with van der Waals surface area (Å²) in [6.45, 7) is 0. The van der Waals surface area contributed by atoms with Gasteiger partial charge in [0.1, 0.15) is 0 Å². The molecule has 0 bridgehead atoms. The molecule has 0 nitrogen and oxygen atoms in total. The number of fused-ring (bicyclic) bond motifs is 10. The van der Waals surface area contributed by atoms with Gasteiger partial charge >= 0.3 is 241 Å². The second kappa shape index (κ2) is 9.14. The van der Waals surface area contributed by atoms with Crippen LogP contribution in [0.5, 0.6) is 0 Å². The summed E-state index contributed by atoms with van der Waals surface area (Å²) in [6.07, 6.45) is 0. The van der Waals surface area contributed by atoms with Gasteiger partial charge in [0.05, 0.1) is 0 Å². The molecule has 2 aliphatic rings. The molecule has 0 fully saturated rings. The van der Waals surface area contributed by atoms with Crippen LogP contribution in [0.1, 0.15) is 22.3 Å². The average molecular weight is 580 g/mol. The predicted octanol–water partition coefficient (Wildman–Crippen LogP) is 7.84. The quantitative estimate of drug-likeness (QED) is 0.192. The Morgan fingerprint density at radius 3 is 1.62 bits per heavy atom. The summed E-state index contributed by atoms with van der Waals surface area (Å²) in [6, 6.07) is 54.1. The van der Waals surface area contributed by atoms with E-state index in [1.165, 1.54) is 63.2 Å². The van der Waals surface area contributed by atoms with Crippen molar-refractivity contribution >= 4 is 35.6 Å². The van der Waals surface area contributed by atoms with E-state index < -0.39 is 0 Å². The molecule has 2 aliphatic carbocycles. The summed E-state index contributed by atoms with van der Waals surface area (Å²) in [5.41, 5.74) is 10.7. The summed E-state index contributed by atoms with van der Waals surface area (Å²) in [7, 11) is 0. The molecule has 39 heavy (non-hydrogen) atoms. The van der Waals surface area contributed by atoms with Crippen LogP contribution in [0.15, 0.2) is 155 Å². The van der Waals surface area contributed by atoms with Crippen LogP contribution < -0.4 is 8.92 Å². The van der Waals surface area contributed by atoms with Gasteiger partial charge in [0.25, 0.3) is 0 Å². The third kappa shape index (κ3) is 3.53. The number of hydrogen-bond acceptors (Lipinski definition) is 1. The van der Waals surface area contributed by atoms with Crippen LogP contribution in [0.25, 0.3) is 22.3 Å². The Hall–Kier alpha value is -3.81. The first-order valence-corrected chi connectivity index (χ1v) is 15.8. The van der Waals surface area contributed by atoms with Gasteiger partial charge in [-0.15, -0.1) is 0 Å². The maximum absolute atomic E-state index is 2.52. The van der Waals surface area contributed by atoms with Crippen LogP contribution >= 0.6 is 11.8 Å². The molecule has 0 radical (unpaired) electrons. The molecule has 0 N–H and O–H groups in total. The van der Waals surface area contributed by atoms with Gasteiger partial charge in [-0.2, -0.15) is 0 Å². The van der Waals surface area contributed by atoms with Crippen LogP contribution in [0.2, 0.25) is 0 Å².